The molecule has 0 saturated carbocycles. The van der Waals surface area contributed by atoms with Crippen LogP contribution in [0.2, 0.25) is 0 Å². The first kappa shape index (κ1) is 21.4. The fourth-order valence-corrected chi connectivity index (χ4v) is 2.82. The zero-order valence-corrected chi connectivity index (χ0v) is 14.8. The molecule has 8 N–H and O–H groups in total. The van der Waals surface area contributed by atoms with Crippen LogP contribution in [0.1, 0.15) is 11.1 Å². The first-order chi connectivity index (χ1) is 12.0. The predicted molar refractivity (Wildman–Crippen MR) is 99.9 cm³/mol. The van der Waals surface area contributed by atoms with Crippen molar-refractivity contribution in [3.63, 3.8) is 0 Å². The Morgan fingerprint density at radius 3 is 1.40 bits per heavy atom. The Morgan fingerprint density at radius 2 is 1.12 bits per heavy atom. The highest BCUT2D eigenvalue weighted by molar-refractivity contribution is 5.39. The van der Waals surface area contributed by atoms with Crippen LogP contribution in [0.15, 0.2) is 18.2 Å². The van der Waals surface area contributed by atoms with Crippen LogP contribution in [0, 0.1) is 10.1 Å². The van der Waals surface area contributed by atoms with Gasteiger partial charge in [0, 0.05) is 77.6 Å². The Morgan fingerprint density at radius 1 is 0.760 bits per heavy atom. The third-order valence-corrected chi connectivity index (χ3v) is 3.84. The summed E-state index contributed by atoms with van der Waals surface area (Å²) < 4.78 is 0. The van der Waals surface area contributed by atoms with E-state index in [4.69, 9.17) is 22.9 Å². The van der Waals surface area contributed by atoms with Crippen LogP contribution in [0.5, 0.6) is 0 Å². The monoisotopic (exact) mass is 353 g/mol. The average Bonchev–Trinajstić information content (AvgIpc) is 2.55. The second kappa shape index (κ2) is 11.9. The van der Waals surface area contributed by atoms with Crippen molar-refractivity contribution in [3.8, 4) is 0 Å². The van der Waals surface area contributed by atoms with Crippen molar-refractivity contribution in [2.24, 2.45) is 22.9 Å². The van der Waals surface area contributed by atoms with Crippen molar-refractivity contribution in [1.29, 1.82) is 0 Å². The molecule has 0 bridgehead atoms. The highest BCUT2D eigenvalue weighted by Crippen LogP contribution is 2.20. The zero-order chi connectivity index (χ0) is 18.7. The molecule has 1 aromatic carbocycles. The van der Waals surface area contributed by atoms with Crippen molar-refractivity contribution >= 4 is 5.69 Å². The van der Waals surface area contributed by atoms with Gasteiger partial charge in [-0.15, -0.1) is 0 Å². The second-order valence-electron chi connectivity index (χ2n) is 5.97. The van der Waals surface area contributed by atoms with Gasteiger partial charge >= 0.3 is 0 Å². The summed E-state index contributed by atoms with van der Waals surface area (Å²) in [7, 11) is 0. The molecule has 0 aliphatic carbocycles. The maximum Gasteiger partial charge on any atom is 0.270 e. The number of non-ortho nitro benzene ring substituents is 1. The summed E-state index contributed by atoms with van der Waals surface area (Å²) in [6, 6.07) is 5.21. The highest BCUT2D eigenvalue weighted by atomic mass is 16.6. The van der Waals surface area contributed by atoms with Gasteiger partial charge in [0.2, 0.25) is 0 Å². The molecule has 9 nitrogen and oxygen atoms in total. The Balaban J connectivity index is 3.00. The van der Waals surface area contributed by atoms with E-state index in [0.29, 0.717) is 65.4 Å². The van der Waals surface area contributed by atoms with Gasteiger partial charge < -0.3 is 22.9 Å². The fraction of sp³-hybridized carbons (Fsp3) is 0.625. The minimum Gasteiger partial charge on any atom is -0.329 e. The van der Waals surface area contributed by atoms with E-state index in [1.807, 2.05) is 6.07 Å². The van der Waals surface area contributed by atoms with Crippen LogP contribution in [0.3, 0.4) is 0 Å². The molecule has 142 valence electrons. The summed E-state index contributed by atoms with van der Waals surface area (Å²) in [4.78, 5) is 15.1. The molecule has 0 aliphatic heterocycles. The topological polar surface area (TPSA) is 154 Å². The quantitative estimate of drug-likeness (QED) is 0.261. The first-order valence-electron chi connectivity index (χ1n) is 8.56. The molecule has 0 aliphatic rings. The average molecular weight is 353 g/mol. The standard InChI is InChI=1S/C16H31N7O2/c17-1-5-21(6-2-18)12-14-9-15(11-16(10-14)23(24)25)13-22(7-3-19)8-4-20/h9-11H,1-8,12-13,17-20H2. The Bertz CT molecular complexity index is 479. The van der Waals surface area contributed by atoms with Crippen molar-refractivity contribution in [2.45, 2.75) is 13.1 Å². The van der Waals surface area contributed by atoms with Gasteiger partial charge in [0.05, 0.1) is 4.92 Å². The minimum absolute atomic E-state index is 0.0911. The van der Waals surface area contributed by atoms with E-state index in [0.717, 1.165) is 11.1 Å². The summed E-state index contributed by atoms with van der Waals surface area (Å²) in [6.07, 6.45) is 0. The Kier molecular flexibility index (Phi) is 10.2. The van der Waals surface area contributed by atoms with Gasteiger partial charge in [-0.3, -0.25) is 19.9 Å². The Hall–Kier alpha value is -1.62. The lowest BCUT2D eigenvalue weighted by Crippen LogP contribution is -2.34. The van der Waals surface area contributed by atoms with Crippen LogP contribution in [-0.2, 0) is 13.1 Å². The molecule has 25 heavy (non-hydrogen) atoms. The molecule has 0 heterocycles. The van der Waals surface area contributed by atoms with E-state index in [1.165, 1.54) is 0 Å². The van der Waals surface area contributed by atoms with Gasteiger partial charge in [-0.25, -0.2) is 0 Å². The molecule has 0 aromatic heterocycles. The molecular weight excluding hydrogens is 322 g/mol. The third kappa shape index (κ3) is 7.86. The molecule has 1 aromatic rings. The summed E-state index contributed by atoms with van der Waals surface area (Å²) >= 11 is 0. The number of benzene rings is 1. The minimum atomic E-state index is -0.362. The fourth-order valence-electron chi connectivity index (χ4n) is 2.82. The largest absolute Gasteiger partial charge is 0.329 e. The van der Waals surface area contributed by atoms with E-state index in [2.05, 4.69) is 9.80 Å². The number of nitrogens with zero attached hydrogens (tertiary/aromatic N) is 3. The van der Waals surface area contributed by atoms with Gasteiger partial charge in [0.15, 0.2) is 0 Å². The highest BCUT2D eigenvalue weighted by Gasteiger charge is 2.14. The molecule has 0 unspecified atom stereocenters. The van der Waals surface area contributed by atoms with E-state index in [1.54, 1.807) is 12.1 Å². The van der Waals surface area contributed by atoms with Gasteiger partial charge in [0.1, 0.15) is 0 Å². The molecule has 0 saturated heterocycles. The van der Waals surface area contributed by atoms with Crippen molar-refractivity contribution in [1.82, 2.24) is 9.80 Å². The van der Waals surface area contributed by atoms with Crippen molar-refractivity contribution < 1.29 is 4.92 Å². The molecule has 0 fully saturated rings. The lowest BCUT2D eigenvalue weighted by Gasteiger charge is -2.23. The molecular formula is C16H31N7O2. The van der Waals surface area contributed by atoms with E-state index < -0.39 is 0 Å². The maximum absolute atomic E-state index is 11.3. The van der Waals surface area contributed by atoms with E-state index in [9.17, 15) is 10.1 Å². The predicted octanol–water partition coefficient (Wildman–Crippen LogP) is -0.966. The van der Waals surface area contributed by atoms with Crippen LogP contribution < -0.4 is 22.9 Å². The molecule has 1 rings (SSSR count). The zero-order valence-electron chi connectivity index (χ0n) is 14.8. The molecule has 0 spiro atoms. The van der Waals surface area contributed by atoms with Crippen LogP contribution in [0.4, 0.5) is 5.69 Å². The van der Waals surface area contributed by atoms with E-state index >= 15 is 0 Å². The van der Waals surface area contributed by atoms with Crippen LogP contribution >= 0.6 is 0 Å². The van der Waals surface area contributed by atoms with E-state index in [-0.39, 0.29) is 10.6 Å². The second-order valence-corrected chi connectivity index (χ2v) is 5.97. The number of hydrogen-bond acceptors (Lipinski definition) is 8. The van der Waals surface area contributed by atoms with Gasteiger partial charge in [0.25, 0.3) is 5.69 Å². The van der Waals surface area contributed by atoms with Crippen LogP contribution in [-0.4, -0.2) is 67.1 Å². The first-order valence-corrected chi connectivity index (χ1v) is 8.56. The third-order valence-electron chi connectivity index (χ3n) is 3.84. The van der Waals surface area contributed by atoms with Gasteiger partial charge in [-0.2, -0.15) is 0 Å². The number of nitrogens with two attached hydrogens (primary N) is 4. The van der Waals surface area contributed by atoms with Gasteiger partial charge in [-0.1, -0.05) is 6.07 Å². The van der Waals surface area contributed by atoms with Crippen LogP contribution in [0.25, 0.3) is 0 Å². The number of hydrogen-bond donors (Lipinski definition) is 4. The molecule has 0 atom stereocenters. The summed E-state index contributed by atoms with van der Waals surface area (Å²) in [5.41, 5.74) is 24.4. The lowest BCUT2D eigenvalue weighted by atomic mass is 10.1. The smallest absolute Gasteiger partial charge is 0.270 e. The SMILES string of the molecule is NCCN(CCN)Cc1cc(CN(CCN)CCN)cc([N+](=O)[O-])c1. The number of nitro groups is 1. The lowest BCUT2D eigenvalue weighted by molar-refractivity contribution is -0.385. The molecule has 0 amide bonds. The number of nitro benzene ring substituents is 1. The van der Waals surface area contributed by atoms with Crippen molar-refractivity contribution in [2.75, 3.05) is 52.4 Å². The van der Waals surface area contributed by atoms with Crippen molar-refractivity contribution in [3.05, 3.63) is 39.4 Å². The summed E-state index contributed by atoms with van der Waals surface area (Å²) in [6.45, 7) is 6.01. The maximum atomic E-state index is 11.3. The summed E-state index contributed by atoms with van der Waals surface area (Å²) in [5, 5.41) is 11.3. The number of rotatable bonds is 13. The molecule has 9 heteroatoms. The molecule has 0 radical (unpaired) electrons. The normalized spacial score (nSPS) is 11.4. The van der Waals surface area contributed by atoms with Gasteiger partial charge in [-0.05, 0) is 11.1 Å². The Labute approximate surface area is 149 Å². The summed E-state index contributed by atoms with van der Waals surface area (Å²) in [5.74, 6) is 0.